The van der Waals surface area contributed by atoms with Crippen molar-refractivity contribution in [2.75, 3.05) is 17.3 Å². The number of nitrogens with one attached hydrogen (secondary N) is 1. The van der Waals surface area contributed by atoms with E-state index in [9.17, 15) is 14.4 Å². The quantitative estimate of drug-likeness (QED) is 0.502. The maximum Gasteiger partial charge on any atom is 0.295 e. The van der Waals surface area contributed by atoms with Crippen LogP contribution in [0.1, 0.15) is 25.7 Å². The van der Waals surface area contributed by atoms with Gasteiger partial charge in [0.25, 0.3) is 17.4 Å². The normalized spacial score (nSPS) is 10.7. The highest BCUT2D eigenvalue weighted by Crippen LogP contribution is 2.24. The van der Waals surface area contributed by atoms with Gasteiger partial charge in [0.05, 0.1) is 27.5 Å². The van der Waals surface area contributed by atoms with Crippen LogP contribution in [0.2, 0.25) is 0 Å². The molecule has 4 rings (SSSR count). The summed E-state index contributed by atoms with van der Waals surface area (Å²) in [7, 11) is 3.39. The minimum absolute atomic E-state index is 0.198. The second kappa shape index (κ2) is 8.68. The van der Waals surface area contributed by atoms with Crippen molar-refractivity contribution in [3.8, 4) is 5.69 Å². The Balaban J connectivity index is 1.68. The predicted molar refractivity (Wildman–Crippen MR) is 127 cm³/mol. The van der Waals surface area contributed by atoms with E-state index in [0.29, 0.717) is 27.5 Å². The maximum atomic E-state index is 13.2. The van der Waals surface area contributed by atoms with Crippen molar-refractivity contribution < 1.29 is 9.59 Å². The number of hydrogen-bond acceptors (Lipinski definition) is 4. The highest BCUT2D eigenvalue weighted by atomic mass is 32.1. The van der Waals surface area contributed by atoms with Crippen LogP contribution in [0.5, 0.6) is 0 Å². The third-order valence-electron chi connectivity index (χ3n) is 5.34. The van der Waals surface area contributed by atoms with E-state index in [4.69, 9.17) is 0 Å². The second-order valence-electron chi connectivity index (χ2n) is 7.25. The van der Waals surface area contributed by atoms with Crippen molar-refractivity contribution >= 4 is 34.5 Å². The van der Waals surface area contributed by atoms with Crippen LogP contribution in [-0.4, -0.2) is 28.2 Å². The van der Waals surface area contributed by atoms with E-state index in [1.165, 1.54) is 20.9 Å². The van der Waals surface area contributed by atoms with Crippen molar-refractivity contribution in [3.63, 3.8) is 0 Å². The van der Waals surface area contributed by atoms with E-state index in [0.717, 1.165) is 0 Å². The van der Waals surface area contributed by atoms with Crippen molar-refractivity contribution in [2.24, 2.45) is 7.05 Å². The van der Waals surface area contributed by atoms with Gasteiger partial charge in [0, 0.05) is 14.1 Å². The fourth-order valence-electron chi connectivity index (χ4n) is 3.53. The highest BCUT2D eigenvalue weighted by Gasteiger charge is 2.23. The van der Waals surface area contributed by atoms with Crippen LogP contribution in [0.25, 0.3) is 5.69 Å². The number of hydrogen-bond donors (Lipinski definition) is 1. The van der Waals surface area contributed by atoms with Crippen molar-refractivity contribution in [1.82, 2.24) is 9.36 Å². The molecule has 7 nitrogen and oxygen atoms in total. The lowest BCUT2D eigenvalue weighted by atomic mass is 10.1. The molecular formula is C24H22N4O3S. The highest BCUT2D eigenvalue weighted by molar-refractivity contribution is 7.12. The average molecular weight is 447 g/mol. The SMILES string of the molecule is Cc1c(NC(=O)c2ccccc2N(C)C(=O)c2cccs2)c(=O)n(-c2ccccc2)n1C. The first-order valence-corrected chi connectivity index (χ1v) is 10.8. The molecule has 162 valence electrons. The van der Waals surface area contributed by atoms with Gasteiger partial charge >= 0.3 is 0 Å². The topological polar surface area (TPSA) is 76.3 Å². The Kier molecular flexibility index (Phi) is 5.79. The molecule has 0 saturated carbocycles. The van der Waals surface area contributed by atoms with E-state index in [1.807, 2.05) is 35.7 Å². The Bertz CT molecular complexity index is 1340. The molecule has 0 radical (unpaired) electrons. The van der Waals surface area contributed by atoms with Gasteiger partial charge in [-0.25, -0.2) is 4.68 Å². The first-order chi connectivity index (χ1) is 15.4. The van der Waals surface area contributed by atoms with Crippen LogP contribution in [-0.2, 0) is 7.05 Å². The Morgan fingerprint density at radius 2 is 1.66 bits per heavy atom. The summed E-state index contributed by atoms with van der Waals surface area (Å²) >= 11 is 1.34. The summed E-state index contributed by atoms with van der Waals surface area (Å²) in [6.45, 7) is 1.77. The van der Waals surface area contributed by atoms with Gasteiger partial charge in [-0.2, -0.15) is 0 Å². The van der Waals surface area contributed by atoms with E-state index in [-0.39, 0.29) is 17.2 Å². The van der Waals surface area contributed by atoms with Crippen molar-refractivity contribution in [2.45, 2.75) is 6.92 Å². The molecule has 0 spiro atoms. The molecule has 8 heteroatoms. The number of amides is 2. The zero-order valence-corrected chi connectivity index (χ0v) is 18.7. The fourth-order valence-corrected chi connectivity index (χ4v) is 4.22. The largest absolute Gasteiger partial charge is 0.316 e. The molecule has 32 heavy (non-hydrogen) atoms. The number of carbonyl (C=O) groups excluding carboxylic acids is 2. The van der Waals surface area contributed by atoms with E-state index in [2.05, 4.69) is 5.32 Å². The molecule has 2 aromatic carbocycles. The molecule has 2 amide bonds. The molecule has 1 N–H and O–H groups in total. The van der Waals surface area contributed by atoms with Crippen molar-refractivity contribution in [3.05, 3.63) is 98.6 Å². The standard InChI is InChI=1S/C24H22N4O3S/c1-16-21(24(31)28(27(16)3)17-10-5-4-6-11-17)25-22(29)18-12-7-8-13-19(18)26(2)23(30)20-14-9-15-32-20/h4-15H,1-3H3,(H,25,29). The molecule has 0 aliphatic carbocycles. The lowest BCUT2D eigenvalue weighted by Crippen LogP contribution is -2.29. The van der Waals surface area contributed by atoms with Gasteiger partial charge in [-0.15, -0.1) is 11.3 Å². The Hall–Kier alpha value is -3.91. The summed E-state index contributed by atoms with van der Waals surface area (Å²) in [6.07, 6.45) is 0. The molecule has 0 aliphatic heterocycles. The zero-order valence-electron chi connectivity index (χ0n) is 17.9. The van der Waals surface area contributed by atoms with Crippen molar-refractivity contribution in [1.29, 1.82) is 0 Å². The maximum absolute atomic E-state index is 13.2. The van der Waals surface area contributed by atoms with E-state index < -0.39 is 5.91 Å². The van der Waals surface area contributed by atoms with Gasteiger partial charge in [-0.1, -0.05) is 36.4 Å². The molecule has 2 heterocycles. The third kappa shape index (κ3) is 3.76. The minimum Gasteiger partial charge on any atom is -0.316 e. The molecular weight excluding hydrogens is 424 g/mol. The number of para-hydroxylation sites is 2. The van der Waals surface area contributed by atoms with Gasteiger partial charge in [0.15, 0.2) is 0 Å². The van der Waals surface area contributed by atoms with Crippen LogP contribution in [0.3, 0.4) is 0 Å². The van der Waals surface area contributed by atoms with Crippen LogP contribution in [0.15, 0.2) is 76.9 Å². The molecule has 0 saturated heterocycles. The molecule has 2 aromatic heterocycles. The van der Waals surface area contributed by atoms with Crippen LogP contribution in [0.4, 0.5) is 11.4 Å². The number of aromatic nitrogens is 2. The predicted octanol–water partition coefficient (Wildman–Crippen LogP) is 4.07. The molecule has 0 bridgehead atoms. The van der Waals surface area contributed by atoms with Crippen LogP contribution >= 0.6 is 11.3 Å². The lowest BCUT2D eigenvalue weighted by Gasteiger charge is -2.19. The van der Waals surface area contributed by atoms with E-state index >= 15 is 0 Å². The minimum atomic E-state index is -0.461. The Labute approximate surface area is 189 Å². The number of thiophene rings is 1. The van der Waals surface area contributed by atoms with Gasteiger partial charge in [-0.3, -0.25) is 19.1 Å². The first-order valence-electron chi connectivity index (χ1n) is 9.96. The first kappa shape index (κ1) is 21.3. The summed E-state index contributed by atoms with van der Waals surface area (Å²) in [6, 6.07) is 19.6. The fraction of sp³-hybridized carbons (Fsp3) is 0.125. The molecule has 0 fully saturated rings. The van der Waals surface area contributed by atoms with Gasteiger partial charge < -0.3 is 10.2 Å². The smallest absolute Gasteiger partial charge is 0.295 e. The number of carbonyl (C=O) groups is 2. The third-order valence-corrected chi connectivity index (χ3v) is 6.20. The van der Waals surface area contributed by atoms with Gasteiger partial charge in [-0.05, 0) is 42.6 Å². The number of nitrogens with zero attached hydrogens (tertiary/aromatic N) is 3. The molecule has 0 aliphatic rings. The van der Waals surface area contributed by atoms with Crippen LogP contribution in [0, 0.1) is 6.92 Å². The number of rotatable bonds is 5. The second-order valence-corrected chi connectivity index (χ2v) is 8.20. The zero-order chi connectivity index (χ0) is 22.8. The monoisotopic (exact) mass is 446 g/mol. The number of anilines is 2. The summed E-state index contributed by atoms with van der Waals surface area (Å²) in [4.78, 5) is 41.2. The summed E-state index contributed by atoms with van der Waals surface area (Å²) in [5, 5.41) is 4.60. The molecule has 0 unspecified atom stereocenters. The van der Waals surface area contributed by atoms with Gasteiger partial charge in [0.1, 0.15) is 5.69 Å². The van der Waals surface area contributed by atoms with Gasteiger partial charge in [0.2, 0.25) is 0 Å². The Morgan fingerprint density at radius 3 is 2.34 bits per heavy atom. The summed E-state index contributed by atoms with van der Waals surface area (Å²) in [5.41, 5.74) is 1.95. The summed E-state index contributed by atoms with van der Waals surface area (Å²) in [5.74, 6) is -0.667. The number of benzene rings is 2. The van der Waals surface area contributed by atoms with Crippen LogP contribution < -0.4 is 15.8 Å². The Morgan fingerprint density at radius 1 is 0.969 bits per heavy atom. The summed E-state index contributed by atoms with van der Waals surface area (Å²) < 4.78 is 3.20. The molecule has 4 aromatic rings. The molecule has 0 atom stereocenters. The lowest BCUT2D eigenvalue weighted by molar-refractivity contribution is 0.0996. The van der Waals surface area contributed by atoms with E-state index in [1.54, 1.807) is 62.1 Å². The average Bonchev–Trinajstić information content (AvgIpc) is 3.42.